The molecular formula is C11H12IN. The number of hydrogen-bond donors (Lipinski definition) is 0. The van der Waals surface area contributed by atoms with Gasteiger partial charge < -0.3 is 3.11 Å². The molecule has 0 aliphatic carbocycles. The zero-order valence-corrected chi connectivity index (χ0v) is 9.95. The molecule has 2 heteroatoms. The van der Waals surface area contributed by atoms with Crippen LogP contribution in [0.25, 0.3) is 5.57 Å². The van der Waals surface area contributed by atoms with Crippen molar-refractivity contribution in [2.45, 2.75) is 6.92 Å². The van der Waals surface area contributed by atoms with E-state index in [1.165, 1.54) is 13.9 Å². The van der Waals surface area contributed by atoms with E-state index in [1.54, 1.807) is 0 Å². The minimum atomic E-state index is 0.00323. The summed E-state index contributed by atoms with van der Waals surface area (Å²) in [5, 5.41) is 1.43. The van der Waals surface area contributed by atoms with Crippen LogP contribution in [0.1, 0.15) is 6.92 Å². The molecule has 1 aromatic rings. The summed E-state index contributed by atoms with van der Waals surface area (Å²) >= 11 is 0.00323. The summed E-state index contributed by atoms with van der Waals surface area (Å²) in [6, 6.07) is 8.71. The predicted octanol–water partition coefficient (Wildman–Crippen LogP) is 2.45. The maximum atomic E-state index is 2.31. The molecule has 1 heterocycles. The number of hydrogen-bond acceptors (Lipinski definition) is 1. The maximum Gasteiger partial charge on any atom is 0.0313 e. The van der Waals surface area contributed by atoms with Crippen molar-refractivity contribution in [3.05, 3.63) is 44.9 Å². The van der Waals surface area contributed by atoms with Crippen molar-refractivity contribution >= 4 is 26.6 Å². The Balaban J connectivity index is 2.84. The van der Waals surface area contributed by atoms with Crippen molar-refractivity contribution in [1.82, 2.24) is 3.11 Å². The van der Waals surface area contributed by atoms with Crippen LogP contribution in [-0.4, -0.2) is 10.2 Å². The van der Waals surface area contributed by atoms with Gasteiger partial charge in [0.05, 0.1) is 0 Å². The van der Waals surface area contributed by atoms with E-state index in [2.05, 4.69) is 53.6 Å². The Morgan fingerprint density at radius 1 is 1.23 bits per heavy atom. The van der Waals surface area contributed by atoms with Crippen LogP contribution >= 0.6 is 21.0 Å². The zero-order chi connectivity index (χ0) is 9.26. The molecule has 1 aliphatic heterocycles. The Bertz CT molecular complexity index is 459. The van der Waals surface area contributed by atoms with Crippen molar-refractivity contribution in [2.75, 3.05) is 7.05 Å². The molecule has 0 bridgehead atoms. The van der Waals surface area contributed by atoms with Crippen molar-refractivity contribution in [3.8, 4) is 0 Å². The molecule has 0 N–H and O–H groups in total. The summed E-state index contributed by atoms with van der Waals surface area (Å²) in [4.78, 5) is 0. The highest BCUT2D eigenvalue weighted by atomic mass is 127. The number of nitrogens with zero attached hydrogens (tertiary/aromatic N) is 1. The molecule has 0 saturated carbocycles. The van der Waals surface area contributed by atoms with Gasteiger partial charge in [0, 0.05) is 37.4 Å². The minimum Gasteiger partial charge on any atom is -0.329 e. The van der Waals surface area contributed by atoms with Gasteiger partial charge in [-0.15, -0.1) is 0 Å². The van der Waals surface area contributed by atoms with E-state index in [0.29, 0.717) is 0 Å². The minimum absolute atomic E-state index is 0.00323. The van der Waals surface area contributed by atoms with Crippen molar-refractivity contribution in [2.24, 2.45) is 0 Å². The smallest absolute Gasteiger partial charge is 0.0313 e. The molecule has 0 fully saturated rings. The SMILES string of the molecule is CC1=c2ccccc2=IN(C)C=C1. The summed E-state index contributed by atoms with van der Waals surface area (Å²) in [7, 11) is 2.15. The van der Waals surface area contributed by atoms with Crippen LogP contribution < -0.4 is 5.22 Å². The van der Waals surface area contributed by atoms with E-state index in [1.807, 2.05) is 0 Å². The van der Waals surface area contributed by atoms with Gasteiger partial charge in [-0.1, -0.05) is 18.2 Å². The first-order valence-electron chi connectivity index (χ1n) is 4.26. The molecule has 13 heavy (non-hydrogen) atoms. The second kappa shape index (κ2) is 3.62. The number of halogens is 1. The van der Waals surface area contributed by atoms with Crippen LogP contribution in [0.15, 0.2) is 36.5 Å². The average Bonchev–Trinajstić information content (AvgIpc) is 2.27. The van der Waals surface area contributed by atoms with Crippen LogP contribution in [0.3, 0.4) is 0 Å². The van der Waals surface area contributed by atoms with Gasteiger partial charge in [0.25, 0.3) is 0 Å². The summed E-state index contributed by atoms with van der Waals surface area (Å²) in [6.07, 6.45) is 4.38. The lowest BCUT2D eigenvalue weighted by Gasteiger charge is -2.02. The topological polar surface area (TPSA) is 3.24 Å². The van der Waals surface area contributed by atoms with E-state index in [9.17, 15) is 0 Å². The lowest BCUT2D eigenvalue weighted by atomic mass is 10.2. The van der Waals surface area contributed by atoms with Crippen LogP contribution in [0, 0.1) is 3.15 Å². The number of benzene rings is 1. The highest BCUT2D eigenvalue weighted by molar-refractivity contribution is 14.1. The van der Waals surface area contributed by atoms with E-state index in [0.717, 1.165) is 0 Å². The Hall–Kier alpha value is -0.640. The van der Waals surface area contributed by atoms with Gasteiger partial charge in [0.1, 0.15) is 0 Å². The molecule has 0 saturated heterocycles. The summed E-state index contributed by atoms with van der Waals surface area (Å²) in [5.41, 5.74) is 1.37. The van der Waals surface area contributed by atoms with Gasteiger partial charge in [0.15, 0.2) is 0 Å². The average molecular weight is 285 g/mol. The normalized spacial score (nSPS) is 15.5. The van der Waals surface area contributed by atoms with Crippen LogP contribution in [0.2, 0.25) is 0 Å². The highest BCUT2D eigenvalue weighted by Gasteiger charge is 1.95. The highest BCUT2D eigenvalue weighted by Crippen LogP contribution is 2.13. The Kier molecular flexibility index (Phi) is 2.49. The Morgan fingerprint density at radius 2 is 2.00 bits per heavy atom. The molecule has 0 aromatic heterocycles. The lowest BCUT2D eigenvalue weighted by Crippen LogP contribution is -2.02. The fourth-order valence-electron chi connectivity index (χ4n) is 1.33. The molecule has 68 valence electrons. The van der Waals surface area contributed by atoms with Gasteiger partial charge in [0.2, 0.25) is 0 Å². The first kappa shape index (κ1) is 8.94. The zero-order valence-electron chi connectivity index (χ0n) is 7.79. The summed E-state index contributed by atoms with van der Waals surface area (Å²) in [6.45, 7) is 2.18. The fraction of sp³-hybridized carbons (Fsp3) is 0.182. The van der Waals surface area contributed by atoms with Gasteiger partial charge in [-0.25, -0.2) is 0 Å². The molecule has 1 nitrogen and oxygen atoms in total. The summed E-state index contributed by atoms with van der Waals surface area (Å²) < 4.78 is 3.83. The number of rotatable bonds is 0. The number of allylic oxidation sites excluding steroid dienone is 1. The third kappa shape index (κ3) is 1.82. The standard InChI is InChI=1S/C11H12IN/c1-9-7-8-13(2)12-11-6-4-3-5-10(9)11/h3-8H,1-2H3. The largest absolute Gasteiger partial charge is 0.329 e. The van der Waals surface area contributed by atoms with Crippen molar-refractivity contribution < 1.29 is 0 Å². The third-order valence-electron chi connectivity index (χ3n) is 2.05. The lowest BCUT2D eigenvalue weighted by molar-refractivity contribution is 0.835. The maximum absolute atomic E-state index is 2.31. The Morgan fingerprint density at radius 3 is 2.85 bits per heavy atom. The predicted molar refractivity (Wildman–Crippen MR) is 64.9 cm³/mol. The molecule has 0 amide bonds. The fourth-order valence-corrected chi connectivity index (χ4v) is 3.71. The second-order valence-corrected chi connectivity index (χ2v) is 6.25. The molecule has 0 atom stereocenters. The van der Waals surface area contributed by atoms with E-state index >= 15 is 0 Å². The molecule has 1 aliphatic rings. The van der Waals surface area contributed by atoms with Crippen LogP contribution in [0.4, 0.5) is 0 Å². The third-order valence-corrected chi connectivity index (χ3v) is 4.60. The molecule has 0 radical (unpaired) electrons. The molecular weight excluding hydrogens is 273 g/mol. The van der Waals surface area contributed by atoms with Gasteiger partial charge >= 0.3 is 0 Å². The molecule has 0 unspecified atom stereocenters. The van der Waals surface area contributed by atoms with E-state index < -0.39 is 0 Å². The Labute approximate surface area is 88.5 Å². The quantitative estimate of drug-likeness (QED) is 0.523. The molecule has 2 rings (SSSR count). The molecule has 1 aromatic carbocycles. The monoisotopic (exact) mass is 285 g/mol. The second-order valence-electron chi connectivity index (χ2n) is 3.09. The summed E-state index contributed by atoms with van der Waals surface area (Å²) in [5.74, 6) is 0. The van der Waals surface area contributed by atoms with Crippen molar-refractivity contribution in [1.29, 1.82) is 0 Å². The van der Waals surface area contributed by atoms with Crippen LogP contribution in [0.5, 0.6) is 0 Å². The number of fused-ring (bicyclic) bond motifs is 1. The van der Waals surface area contributed by atoms with E-state index in [4.69, 9.17) is 0 Å². The van der Waals surface area contributed by atoms with Crippen molar-refractivity contribution in [3.63, 3.8) is 0 Å². The van der Waals surface area contributed by atoms with Gasteiger partial charge in [-0.3, -0.25) is 0 Å². The van der Waals surface area contributed by atoms with Crippen LogP contribution in [-0.2, 0) is 0 Å². The molecule has 0 spiro atoms. The first-order valence-corrected chi connectivity index (χ1v) is 6.31. The van der Waals surface area contributed by atoms with Gasteiger partial charge in [-0.05, 0) is 29.9 Å². The first-order chi connectivity index (χ1) is 6.27. The van der Waals surface area contributed by atoms with E-state index in [-0.39, 0.29) is 21.0 Å². The van der Waals surface area contributed by atoms with Gasteiger partial charge in [-0.2, -0.15) is 0 Å².